The molecule has 0 spiro atoms. The Labute approximate surface area is 126 Å². The van der Waals surface area contributed by atoms with Crippen LogP contribution >= 0.6 is 0 Å². The molecule has 1 fully saturated rings. The van der Waals surface area contributed by atoms with Gasteiger partial charge in [-0.25, -0.2) is 4.79 Å². The first-order valence-corrected chi connectivity index (χ1v) is 7.43. The van der Waals surface area contributed by atoms with Crippen molar-refractivity contribution < 1.29 is 14.3 Å². The van der Waals surface area contributed by atoms with Gasteiger partial charge in [0.05, 0.1) is 12.5 Å². The Morgan fingerprint density at radius 3 is 2.48 bits per heavy atom. The number of hydrogen-bond donors (Lipinski definition) is 0. The predicted molar refractivity (Wildman–Crippen MR) is 80.8 cm³/mol. The first-order valence-electron chi connectivity index (χ1n) is 7.43. The molecule has 0 bridgehead atoms. The van der Waals surface area contributed by atoms with Gasteiger partial charge in [0.25, 0.3) is 0 Å². The van der Waals surface area contributed by atoms with Crippen LogP contribution in [0.1, 0.15) is 38.7 Å². The number of rotatable bonds is 3. The van der Waals surface area contributed by atoms with Gasteiger partial charge in [-0.2, -0.15) is 0 Å². The molecule has 2 rings (SSSR count). The van der Waals surface area contributed by atoms with Crippen LogP contribution in [-0.4, -0.2) is 36.5 Å². The summed E-state index contributed by atoms with van der Waals surface area (Å²) in [7, 11) is 1.38. The summed E-state index contributed by atoms with van der Waals surface area (Å²) in [5, 5.41) is 0. The van der Waals surface area contributed by atoms with Gasteiger partial charge in [0, 0.05) is 6.54 Å². The Balaban J connectivity index is 2.26. The molecule has 1 amide bonds. The van der Waals surface area contributed by atoms with Gasteiger partial charge in [0.15, 0.2) is 0 Å². The van der Waals surface area contributed by atoms with Crippen molar-refractivity contribution in [3.8, 4) is 0 Å². The van der Waals surface area contributed by atoms with Gasteiger partial charge < -0.3 is 9.64 Å². The molecule has 0 radical (unpaired) electrons. The summed E-state index contributed by atoms with van der Waals surface area (Å²) in [4.78, 5) is 26.6. The van der Waals surface area contributed by atoms with Crippen LogP contribution in [0.3, 0.4) is 0 Å². The summed E-state index contributed by atoms with van der Waals surface area (Å²) < 4.78 is 4.86. The van der Waals surface area contributed by atoms with Crippen molar-refractivity contribution >= 4 is 11.9 Å². The fourth-order valence-electron chi connectivity index (χ4n) is 2.89. The lowest BCUT2D eigenvalue weighted by atomic mass is 9.82. The van der Waals surface area contributed by atoms with Crippen LogP contribution in [0, 0.1) is 0 Å². The molecule has 4 nitrogen and oxygen atoms in total. The number of likely N-dealkylation sites (tertiary alicyclic amines) is 1. The lowest BCUT2D eigenvalue weighted by Crippen LogP contribution is -2.53. The third kappa shape index (κ3) is 3.09. The molecule has 4 heteroatoms. The molecule has 0 aromatic heterocycles. The van der Waals surface area contributed by atoms with E-state index in [1.165, 1.54) is 7.11 Å². The Morgan fingerprint density at radius 1 is 1.19 bits per heavy atom. The number of hydrogen-bond acceptors (Lipinski definition) is 3. The summed E-state index contributed by atoms with van der Waals surface area (Å²) in [5.74, 6) is -0.323. The maximum absolute atomic E-state index is 13.0. The van der Waals surface area contributed by atoms with Crippen molar-refractivity contribution in [3.63, 3.8) is 0 Å². The molecule has 0 unspecified atom stereocenters. The van der Waals surface area contributed by atoms with Gasteiger partial charge in [-0.1, -0.05) is 30.3 Å². The number of amides is 1. The number of benzene rings is 1. The molecule has 1 aromatic carbocycles. The molecule has 114 valence electrons. The first-order chi connectivity index (χ1) is 9.98. The van der Waals surface area contributed by atoms with Gasteiger partial charge in [-0.3, -0.25) is 4.79 Å². The number of carbonyl (C=O) groups is 2. The normalized spacial score (nSPS) is 19.2. The number of carbonyl (C=O) groups excluding carboxylic acids is 2. The highest BCUT2D eigenvalue weighted by atomic mass is 16.5. The van der Waals surface area contributed by atoms with E-state index in [9.17, 15) is 9.59 Å². The van der Waals surface area contributed by atoms with E-state index in [1.54, 1.807) is 4.90 Å². The number of methoxy groups -OCH3 is 1. The summed E-state index contributed by atoms with van der Waals surface area (Å²) in [6.45, 7) is 4.44. The molecule has 1 aliphatic rings. The molecule has 0 saturated carbocycles. The van der Waals surface area contributed by atoms with E-state index < -0.39 is 11.5 Å². The lowest BCUT2D eigenvalue weighted by molar-refractivity contribution is -0.156. The van der Waals surface area contributed by atoms with E-state index in [0.29, 0.717) is 13.0 Å². The highest BCUT2D eigenvalue weighted by Crippen LogP contribution is 2.29. The Hall–Kier alpha value is -1.84. The zero-order chi connectivity index (χ0) is 15.5. The fraction of sp³-hybridized carbons (Fsp3) is 0.529. The number of nitrogens with zero attached hydrogens (tertiary/aromatic N) is 1. The predicted octanol–water partition coefficient (Wildman–Crippen LogP) is 2.52. The van der Waals surface area contributed by atoms with Gasteiger partial charge in [-0.15, -0.1) is 0 Å². The topological polar surface area (TPSA) is 46.6 Å². The van der Waals surface area contributed by atoms with Gasteiger partial charge in [0.2, 0.25) is 5.91 Å². The van der Waals surface area contributed by atoms with Gasteiger partial charge in [0.1, 0.15) is 6.04 Å². The summed E-state index contributed by atoms with van der Waals surface area (Å²) in [6.07, 6.45) is 2.57. The molecule has 1 aliphatic heterocycles. The van der Waals surface area contributed by atoms with Crippen molar-refractivity contribution in [1.82, 2.24) is 4.90 Å². The maximum atomic E-state index is 13.0. The minimum Gasteiger partial charge on any atom is -0.467 e. The largest absolute Gasteiger partial charge is 0.467 e. The average molecular weight is 289 g/mol. The molecular formula is C17H23NO3. The highest BCUT2D eigenvalue weighted by Gasteiger charge is 2.40. The lowest BCUT2D eigenvalue weighted by Gasteiger charge is -2.39. The number of esters is 1. The molecule has 1 heterocycles. The first kappa shape index (κ1) is 15.5. The SMILES string of the molecule is COC(=O)[C@H]1CCCCN1C(=O)C(C)(C)c1ccccc1. The average Bonchev–Trinajstić information content (AvgIpc) is 2.54. The van der Waals surface area contributed by atoms with E-state index in [0.717, 1.165) is 18.4 Å². The van der Waals surface area contributed by atoms with E-state index in [-0.39, 0.29) is 11.9 Å². The van der Waals surface area contributed by atoms with E-state index >= 15 is 0 Å². The monoisotopic (exact) mass is 289 g/mol. The summed E-state index contributed by atoms with van der Waals surface area (Å²) in [6, 6.07) is 9.25. The maximum Gasteiger partial charge on any atom is 0.328 e. The molecule has 1 atom stereocenters. The zero-order valence-corrected chi connectivity index (χ0v) is 13.0. The second-order valence-electron chi connectivity index (χ2n) is 6.02. The second kappa shape index (κ2) is 6.29. The van der Waals surface area contributed by atoms with Crippen LogP contribution in [0.2, 0.25) is 0 Å². The minimum atomic E-state index is -0.648. The Bertz CT molecular complexity index is 510. The van der Waals surface area contributed by atoms with E-state index in [4.69, 9.17) is 4.74 Å². The fourth-order valence-corrected chi connectivity index (χ4v) is 2.89. The number of piperidine rings is 1. The van der Waals surface area contributed by atoms with Crippen molar-refractivity contribution in [2.75, 3.05) is 13.7 Å². The molecule has 1 aromatic rings. The van der Waals surface area contributed by atoms with Crippen molar-refractivity contribution in [3.05, 3.63) is 35.9 Å². The molecule has 0 aliphatic carbocycles. The zero-order valence-electron chi connectivity index (χ0n) is 13.0. The van der Waals surface area contributed by atoms with Gasteiger partial charge >= 0.3 is 5.97 Å². The molecular weight excluding hydrogens is 266 g/mol. The third-order valence-electron chi connectivity index (χ3n) is 4.27. The van der Waals surface area contributed by atoms with Crippen molar-refractivity contribution in [2.24, 2.45) is 0 Å². The van der Waals surface area contributed by atoms with E-state index in [2.05, 4.69) is 0 Å². The molecule has 1 saturated heterocycles. The van der Waals surface area contributed by atoms with Crippen LogP contribution in [0.4, 0.5) is 0 Å². The van der Waals surface area contributed by atoms with Crippen LogP contribution in [0.25, 0.3) is 0 Å². The minimum absolute atomic E-state index is 0.0104. The van der Waals surface area contributed by atoms with Gasteiger partial charge in [-0.05, 0) is 38.7 Å². The summed E-state index contributed by atoms with van der Waals surface area (Å²) >= 11 is 0. The summed E-state index contributed by atoms with van der Waals surface area (Å²) in [5.41, 5.74) is 0.314. The highest BCUT2D eigenvalue weighted by molar-refractivity contribution is 5.91. The van der Waals surface area contributed by atoms with Crippen LogP contribution in [0.15, 0.2) is 30.3 Å². The Kier molecular flexibility index (Phi) is 4.66. The van der Waals surface area contributed by atoms with Crippen LogP contribution < -0.4 is 0 Å². The number of ether oxygens (including phenoxy) is 1. The van der Waals surface area contributed by atoms with Crippen LogP contribution in [0.5, 0.6) is 0 Å². The standard InChI is InChI=1S/C17H23NO3/c1-17(2,13-9-5-4-6-10-13)16(20)18-12-8-7-11-14(18)15(19)21-3/h4-6,9-10,14H,7-8,11-12H2,1-3H3/t14-/m1/s1. The molecule has 0 N–H and O–H groups in total. The van der Waals surface area contributed by atoms with Crippen LogP contribution in [-0.2, 0) is 19.7 Å². The quantitative estimate of drug-likeness (QED) is 0.803. The molecule has 21 heavy (non-hydrogen) atoms. The van der Waals surface area contributed by atoms with E-state index in [1.807, 2.05) is 44.2 Å². The Morgan fingerprint density at radius 2 is 1.86 bits per heavy atom. The van der Waals surface area contributed by atoms with Crippen molar-refractivity contribution in [2.45, 2.75) is 44.6 Å². The smallest absolute Gasteiger partial charge is 0.328 e. The van der Waals surface area contributed by atoms with Crippen molar-refractivity contribution in [1.29, 1.82) is 0 Å². The second-order valence-corrected chi connectivity index (χ2v) is 6.02. The third-order valence-corrected chi connectivity index (χ3v) is 4.27.